The van der Waals surface area contributed by atoms with Gasteiger partial charge in [-0.05, 0) is 43.4 Å². The van der Waals surface area contributed by atoms with Gasteiger partial charge in [0.25, 0.3) is 0 Å². The van der Waals surface area contributed by atoms with E-state index in [2.05, 4.69) is 39.9 Å². The molecule has 0 aromatic heterocycles. The highest BCUT2D eigenvalue weighted by atomic mass is 32.2. The molecule has 0 heterocycles. The Kier molecular flexibility index (Phi) is 5.43. The van der Waals surface area contributed by atoms with Gasteiger partial charge in [-0.2, -0.15) is 0 Å². The Morgan fingerprint density at radius 3 is 2.17 bits per heavy atom. The van der Waals surface area contributed by atoms with Crippen molar-refractivity contribution in [3.63, 3.8) is 0 Å². The highest BCUT2D eigenvalue weighted by molar-refractivity contribution is 7.84. The lowest BCUT2D eigenvalue weighted by molar-refractivity contribution is 0.0810. The van der Waals surface area contributed by atoms with Crippen LogP contribution in [0.25, 0.3) is 0 Å². The Morgan fingerprint density at radius 2 is 1.72 bits per heavy atom. The van der Waals surface area contributed by atoms with Crippen molar-refractivity contribution < 1.29 is 4.21 Å². The molecule has 1 fully saturated rings. The highest BCUT2D eigenvalue weighted by Gasteiger charge is 2.38. The summed E-state index contributed by atoms with van der Waals surface area (Å²) in [4.78, 5) is 0. The van der Waals surface area contributed by atoms with Crippen LogP contribution in [0.5, 0.6) is 0 Å². The van der Waals surface area contributed by atoms with Crippen molar-refractivity contribution in [1.82, 2.24) is 5.32 Å². The minimum absolute atomic E-state index is 0.437. The number of rotatable bonds is 5. The largest absolute Gasteiger partial charge is 0.311 e. The molecule has 1 rings (SSSR count). The van der Waals surface area contributed by atoms with E-state index in [1.165, 1.54) is 19.3 Å². The third-order valence-corrected chi connectivity index (χ3v) is 4.72. The van der Waals surface area contributed by atoms with E-state index in [9.17, 15) is 4.21 Å². The van der Waals surface area contributed by atoms with E-state index in [1.54, 1.807) is 6.26 Å². The van der Waals surface area contributed by atoms with E-state index in [1.807, 2.05) is 0 Å². The molecular weight excluding hydrogens is 242 g/mol. The van der Waals surface area contributed by atoms with Gasteiger partial charge < -0.3 is 5.32 Å². The second-order valence-corrected chi connectivity index (χ2v) is 9.30. The van der Waals surface area contributed by atoms with Crippen LogP contribution >= 0.6 is 0 Å². The van der Waals surface area contributed by atoms with Gasteiger partial charge >= 0.3 is 0 Å². The summed E-state index contributed by atoms with van der Waals surface area (Å²) in [7, 11) is -0.663. The molecule has 0 amide bonds. The van der Waals surface area contributed by atoms with Crippen LogP contribution < -0.4 is 5.32 Å². The summed E-state index contributed by atoms with van der Waals surface area (Å²) in [6, 6.07) is 1.09. The summed E-state index contributed by atoms with van der Waals surface area (Å²) in [5, 5.41) is 3.75. The molecule has 0 aromatic rings. The molecule has 1 N–H and O–H groups in total. The average molecular weight is 273 g/mol. The van der Waals surface area contributed by atoms with Gasteiger partial charge in [-0.15, -0.1) is 0 Å². The van der Waals surface area contributed by atoms with Crippen LogP contribution in [0.1, 0.15) is 60.3 Å². The topological polar surface area (TPSA) is 29.1 Å². The zero-order valence-corrected chi connectivity index (χ0v) is 13.8. The van der Waals surface area contributed by atoms with Crippen molar-refractivity contribution in [2.45, 2.75) is 72.4 Å². The molecule has 2 nitrogen and oxygen atoms in total. The zero-order chi connectivity index (χ0) is 14.0. The van der Waals surface area contributed by atoms with E-state index < -0.39 is 10.8 Å². The van der Waals surface area contributed by atoms with Crippen LogP contribution in [0.2, 0.25) is 0 Å². The molecule has 0 aliphatic heterocycles. The first-order chi connectivity index (χ1) is 8.10. The highest BCUT2D eigenvalue weighted by Crippen LogP contribution is 2.45. The van der Waals surface area contributed by atoms with E-state index in [-0.39, 0.29) is 0 Å². The monoisotopic (exact) mass is 273 g/mol. The van der Waals surface area contributed by atoms with Gasteiger partial charge in [-0.25, -0.2) is 0 Å². The molecule has 1 aliphatic rings. The van der Waals surface area contributed by atoms with Gasteiger partial charge in [0, 0.05) is 34.9 Å². The number of nitrogens with one attached hydrogen (secondary N) is 1. The summed E-state index contributed by atoms with van der Waals surface area (Å²) in [6.45, 7) is 11.8. The molecule has 1 aliphatic carbocycles. The predicted octanol–water partition coefficient (Wildman–Crippen LogP) is 3.34. The standard InChI is InChI=1S/C15H31NOS/c1-12(7-8-18(6)17)16-13-9-14(2,3)11-15(4,5)10-13/h12-13,16H,7-11H2,1-6H3. The Hall–Kier alpha value is 0.110. The molecule has 0 saturated heterocycles. The average Bonchev–Trinajstić information content (AvgIpc) is 2.09. The van der Waals surface area contributed by atoms with Gasteiger partial charge in [0.05, 0.1) is 0 Å². The lowest BCUT2D eigenvalue weighted by Crippen LogP contribution is -2.47. The van der Waals surface area contributed by atoms with Gasteiger partial charge in [-0.1, -0.05) is 27.7 Å². The molecular formula is C15H31NOS. The van der Waals surface area contributed by atoms with Crippen molar-refractivity contribution in [3.8, 4) is 0 Å². The van der Waals surface area contributed by atoms with E-state index in [0.717, 1.165) is 12.2 Å². The number of hydrogen-bond acceptors (Lipinski definition) is 2. The molecule has 108 valence electrons. The van der Waals surface area contributed by atoms with E-state index in [4.69, 9.17) is 0 Å². The second-order valence-electron chi connectivity index (χ2n) is 7.74. The third-order valence-electron chi connectivity index (χ3n) is 3.91. The number of hydrogen-bond donors (Lipinski definition) is 1. The Bertz CT molecular complexity index is 283. The van der Waals surface area contributed by atoms with E-state index >= 15 is 0 Å². The first-order valence-corrected chi connectivity index (χ1v) is 8.88. The lowest BCUT2D eigenvalue weighted by atomic mass is 9.63. The van der Waals surface area contributed by atoms with Crippen molar-refractivity contribution in [2.75, 3.05) is 12.0 Å². The summed E-state index contributed by atoms with van der Waals surface area (Å²) in [6.07, 6.45) is 6.64. The first kappa shape index (κ1) is 16.2. The predicted molar refractivity (Wildman–Crippen MR) is 81.3 cm³/mol. The first-order valence-electron chi connectivity index (χ1n) is 7.16. The molecule has 18 heavy (non-hydrogen) atoms. The zero-order valence-electron chi connectivity index (χ0n) is 13.0. The minimum atomic E-state index is -0.663. The third kappa shape index (κ3) is 5.83. The van der Waals surface area contributed by atoms with Gasteiger partial charge in [-0.3, -0.25) is 4.21 Å². The van der Waals surface area contributed by atoms with Gasteiger partial charge in [0.15, 0.2) is 0 Å². The van der Waals surface area contributed by atoms with Gasteiger partial charge in [0.2, 0.25) is 0 Å². The fourth-order valence-corrected chi connectivity index (χ4v) is 4.48. The molecule has 1 saturated carbocycles. The fraction of sp³-hybridized carbons (Fsp3) is 1.00. The maximum atomic E-state index is 11.1. The van der Waals surface area contributed by atoms with Crippen LogP contribution in [-0.2, 0) is 10.8 Å². The van der Waals surface area contributed by atoms with Crippen molar-refractivity contribution in [2.24, 2.45) is 10.8 Å². The minimum Gasteiger partial charge on any atom is -0.311 e. The van der Waals surface area contributed by atoms with Crippen LogP contribution in [-0.4, -0.2) is 28.3 Å². The Balaban J connectivity index is 2.48. The fourth-order valence-electron chi connectivity index (χ4n) is 3.79. The van der Waals surface area contributed by atoms with Crippen molar-refractivity contribution in [1.29, 1.82) is 0 Å². The summed E-state index contributed by atoms with van der Waals surface area (Å²) < 4.78 is 11.1. The van der Waals surface area contributed by atoms with Gasteiger partial charge in [0.1, 0.15) is 0 Å². The maximum Gasteiger partial charge on any atom is 0.0246 e. The second kappa shape index (κ2) is 6.04. The van der Waals surface area contributed by atoms with E-state index in [0.29, 0.717) is 22.9 Å². The molecule has 2 unspecified atom stereocenters. The molecule has 3 heteroatoms. The quantitative estimate of drug-likeness (QED) is 0.832. The maximum absolute atomic E-state index is 11.1. The summed E-state index contributed by atoms with van der Waals surface area (Å²) in [5.41, 5.74) is 0.874. The summed E-state index contributed by atoms with van der Waals surface area (Å²) in [5.74, 6) is 0.813. The van der Waals surface area contributed by atoms with Crippen LogP contribution in [0.15, 0.2) is 0 Å². The van der Waals surface area contributed by atoms with Crippen molar-refractivity contribution >= 4 is 10.8 Å². The van der Waals surface area contributed by atoms with Crippen molar-refractivity contribution in [3.05, 3.63) is 0 Å². The molecule has 0 radical (unpaired) electrons. The Labute approximate surface area is 116 Å². The van der Waals surface area contributed by atoms with Crippen LogP contribution in [0, 0.1) is 10.8 Å². The smallest absolute Gasteiger partial charge is 0.0246 e. The molecule has 0 spiro atoms. The normalized spacial score (nSPS) is 26.8. The Morgan fingerprint density at radius 1 is 1.22 bits per heavy atom. The SMILES string of the molecule is CC(CCS(C)=O)NC1CC(C)(C)CC(C)(C)C1. The summed E-state index contributed by atoms with van der Waals surface area (Å²) >= 11 is 0. The molecule has 2 atom stereocenters. The molecule has 0 bridgehead atoms. The van der Waals surface area contributed by atoms with Crippen LogP contribution in [0.4, 0.5) is 0 Å². The lowest BCUT2D eigenvalue weighted by Gasteiger charge is -2.46. The van der Waals surface area contributed by atoms with Crippen LogP contribution in [0.3, 0.4) is 0 Å². The molecule has 0 aromatic carbocycles.